The second kappa shape index (κ2) is 15.8. The van der Waals surface area contributed by atoms with Crippen molar-refractivity contribution in [1.82, 2.24) is 14.8 Å². The van der Waals surface area contributed by atoms with Gasteiger partial charge in [0.05, 0.1) is 23.5 Å². The van der Waals surface area contributed by atoms with Gasteiger partial charge in [-0.2, -0.15) is 50.9 Å². The highest BCUT2D eigenvalue weighted by Crippen LogP contribution is 2.34. The third-order valence-corrected chi connectivity index (χ3v) is 6.67. The van der Waals surface area contributed by atoms with E-state index >= 15 is 0 Å². The molecule has 0 saturated carbocycles. The van der Waals surface area contributed by atoms with Gasteiger partial charge in [0.25, 0.3) is 0 Å². The van der Waals surface area contributed by atoms with E-state index < -0.39 is 36.4 Å². The largest absolute Gasteiger partial charge is 0.490 e. The predicted molar refractivity (Wildman–Crippen MR) is 137 cm³/mol. The standard InChI is InChI=1S/C18H22N4OS.3C2HF3O2/c1-20-11-17(23)22(16-5-9-24-12-16)14-18(20)6-8-21(13-18)10-15-4-2-3-7-19-15;3*3-2(4,5)1(6)7/h2-5,7,9,12H,6,8,10-11,13-14H2,1H3;3*(H,6,7). The summed E-state index contributed by atoms with van der Waals surface area (Å²) in [6.07, 6.45) is -12.3. The number of carbonyl (C=O) groups is 4. The van der Waals surface area contributed by atoms with Crippen LogP contribution in [-0.4, -0.2) is 111 Å². The molecule has 45 heavy (non-hydrogen) atoms. The van der Waals surface area contributed by atoms with Crippen LogP contribution in [0.25, 0.3) is 0 Å². The number of carboxylic acids is 3. The van der Waals surface area contributed by atoms with E-state index in [4.69, 9.17) is 29.7 Å². The smallest absolute Gasteiger partial charge is 0.475 e. The lowest BCUT2D eigenvalue weighted by Crippen LogP contribution is -2.64. The van der Waals surface area contributed by atoms with Crippen LogP contribution in [0, 0.1) is 0 Å². The second-order valence-electron chi connectivity index (χ2n) is 9.23. The van der Waals surface area contributed by atoms with Gasteiger partial charge in [-0.25, -0.2) is 14.4 Å². The molecule has 0 aliphatic carbocycles. The molecule has 4 heterocycles. The number of carboxylic acid groups (broad SMARTS) is 3. The molecule has 3 N–H and O–H groups in total. The Kier molecular flexibility index (Phi) is 13.7. The minimum absolute atomic E-state index is 0.0463. The molecule has 0 radical (unpaired) electrons. The molecule has 11 nitrogen and oxygen atoms in total. The number of nitrogens with zero attached hydrogens (tertiary/aromatic N) is 4. The van der Waals surface area contributed by atoms with Crippen LogP contribution in [0.15, 0.2) is 41.2 Å². The van der Waals surface area contributed by atoms with Crippen LogP contribution in [0.3, 0.4) is 0 Å². The maximum Gasteiger partial charge on any atom is 0.490 e. The second-order valence-corrected chi connectivity index (χ2v) is 10.0. The van der Waals surface area contributed by atoms with Crippen molar-refractivity contribution in [3.63, 3.8) is 0 Å². The highest BCUT2D eigenvalue weighted by Gasteiger charge is 2.47. The number of amides is 1. The normalized spacial score (nSPS) is 19.0. The van der Waals surface area contributed by atoms with Crippen LogP contribution in [0.2, 0.25) is 0 Å². The maximum atomic E-state index is 12.5. The van der Waals surface area contributed by atoms with Gasteiger partial charge in [0, 0.05) is 37.8 Å². The van der Waals surface area contributed by atoms with Crippen molar-refractivity contribution in [2.24, 2.45) is 0 Å². The molecule has 4 rings (SSSR count). The fourth-order valence-electron chi connectivity index (χ4n) is 3.84. The van der Waals surface area contributed by atoms with Crippen molar-refractivity contribution >= 4 is 40.8 Å². The van der Waals surface area contributed by atoms with Crippen LogP contribution in [-0.2, 0) is 25.7 Å². The van der Waals surface area contributed by atoms with Crippen LogP contribution >= 0.6 is 11.3 Å². The number of likely N-dealkylation sites (N-methyl/N-ethyl adjacent to an activating group) is 1. The molecule has 2 aliphatic rings. The zero-order valence-electron chi connectivity index (χ0n) is 22.9. The number of piperazine rings is 1. The topological polar surface area (TPSA) is 152 Å². The van der Waals surface area contributed by atoms with E-state index in [9.17, 15) is 44.3 Å². The van der Waals surface area contributed by atoms with Crippen molar-refractivity contribution in [3.8, 4) is 0 Å². The van der Waals surface area contributed by atoms with Crippen LogP contribution in [0.5, 0.6) is 0 Å². The fraction of sp³-hybridized carbons (Fsp3) is 0.458. The molecule has 2 aliphatic heterocycles. The summed E-state index contributed by atoms with van der Waals surface area (Å²) < 4.78 is 95.2. The number of carbonyl (C=O) groups excluding carboxylic acids is 1. The number of rotatable bonds is 3. The Morgan fingerprint density at radius 2 is 1.40 bits per heavy atom. The summed E-state index contributed by atoms with van der Waals surface area (Å²) in [5.41, 5.74) is 2.20. The summed E-state index contributed by atoms with van der Waals surface area (Å²) >= 11 is 1.64. The van der Waals surface area contributed by atoms with Crippen LogP contribution < -0.4 is 4.90 Å². The molecule has 2 saturated heterocycles. The molecule has 2 aromatic heterocycles. The molecule has 2 fully saturated rings. The van der Waals surface area contributed by atoms with Gasteiger partial charge < -0.3 is 20.2 Å². The Labute approximate surface area is 252 Å². The fourth-order valence-corrected chi connectivity index (χ4v) is 4.48. The Bertz CT molecular complexity index is 1220. The Hall–Kier alpha value is -3.98. The summed E-state index contributed by atoms with van der Waals surface area (Å²) in [4.78, 5) is 50.3. The zero-order valence-corrected chi connectivity index (χ0v) is 23.7. The Morgan fingerprint density at radius 1 is 0.889 bits per heavy atom. The molecule has 0 aromatic carbocycles. The first-order valence-electron chi connectivity index (χ1n) is 12.1. The molecule has 2 aromatic rings. The number of anilines is 1. The van der Waals surface area contributed by atoms with E-state index in [1.54, 1.807) is 11.3 Å². The zero-order chi connectivity index (χ0) is 34.8. The van der Waals surface area contributed by atoms with Gasteiger partial charge in [0.1, 0.15) is 0 Å². The first-order chi connectivity index (χ1) is 20.5. The Balaban J connectivity index is 0.000000396. The summed E-state index contributed by atoms with van der Waals surface area (Å²) in [5.74, 6) is -8.07. The lowest BCUT2D eigenvalue weighted by Gasteiger charge is -2.46. The van der Waals surface area contributed by atoms with Gasteiger partial charge in [-0.15, -0.1) is 0 Å². The van der Waals surface area contributed by atoms with Crippen molar-refractivity contribution in [2.45, 2.75) is 37.0 Å². The highest BCUT2D eigenvalue weighted by atomic mass is 32.1. The van der Waals surface area contributed by atoms with Crippen LogP contribution in [0.4, 0.5) is 45.2 Å². The van der Waals surface area contributed by atoms with Gasteiger partial charge in [0.2, 0.25) is 5.91 Å². The highest BCUT2D eigenvalue weighted by molar-refractivity contribution is 7.08. The van der Waals surface area contributed by atoms with Gasteiger partial charge in [0.15, 0.2) is 0 Å². The van der Waals surface area contributed by atoms with E-state index in [0.29, 0.717) is 6.54 Å². The van der Waals surface area contributed by atoms with Crippen molar-refractivity contribution in [3.05, 3.63) is 46.9 Å². The molecule has 252 valence electrons. The van der Waals surface area contributed by atoms with E-state index in [0.717, 1.165) is 44.0 Å². The minimum atomic E-state index is -5.08. The first-order valence-corrected chi connectivity index (χ1v) is 13.0. The van der Waals surface area contributed by atoms with Crippen molar-refractivity contribution in [2.75, 3.05) is 38.1 Å². The molecular weight excluding hydrogens is 659 g/mol. The van der Waals surface area contributed by atoms with E-state index in [2.05, 4.69) is 33.3 Å². The summed E-state index contributed by atoms with van der Waals surface area (Å²) in [7, 11) is 2.09. The SMILES string of the molecule is CN1CC(=O)N(c2ccsc2)CC12CCN(Cc1ccccn1)C2.O=C(O)C(F)(F)F.O=C(O)C(F)(F)F.O=C(O)C(F)(F)F. The number of aliphatic carboxylic acids is 3. The van der Waals surface area contributed by atoms with Gasteiger partial charge in [-0.3, -0.25) is 19.6 Å². The third kappa shape index (κ3) is 12.9. The van der Waals surface area contributed by atoms with E-state index in [1.165, 1.54) is 0 Å². The number of halogens is 9. The third-order valence-electron chi connectivity index (χ3n) is 6.00. The van der Waals surface area contributed by atoms with Crippen LogP contribution in [0.1, 0.15) is 12.1 Å². The Morgan fingerprint density at radius 3 is 1.80 bits per heavy atom. The number of hydrogen-bond acceptors (Lipinski definition) is 8. The minimum Gasteiger partial charge on any atom is -0.475 e. The first kappa shape index (κ1) is 39.0. The molecule has 21 heteroatoms. The average Bonchev–Trinajstić information content (AvgIpc) is 3.58. The van der Waals surface area contributed by atoms with Crippen molar-refractivity contribution in [1.29, 1.82) is 0 Å². The molecular formula is C24H25F9N4O7S. The van der Waals surface area contributed by atoms with E-state index in [1.807, 2.05) is 34.7 Å². The monoisotopic (exact) mass is 684 g/mol. The lowest BCUT2D eigenvalue weighted by molar-refractivity contribution is -0.193. The van der Waals surface area contributed by atoms with Gasteiger partial charge in [-0.05, 0) is 37.0 Å². The van der Waals surface area contributed by atoms with E-state index in [-0.39, 0.29) is 11.4 Å². The van der Waals surface area contributed by atoms with Crippen molar-refractivity contribution < 1.29 is 74.0 Å². The predicted octanol–water partition coefficient (Wildman–Crippen LogP) is 3.97. The van der Waals surface area contributed by atoms with Gasteiger partial charge >= 0.3 is 36.4 Å². The summed E-state index contributed by atoms with van der Waals surface area (Å²) in [6, 6.07) is 8.12. The maximum absolute atomic E-state index is 12.5. The number of thiophene rings is 1. The average molecular weight is 685 g/mol. The number of aromatic nitrogens is 1. The quantitative estimate of drug-likeness (QED) is 0.406. The summed E-state index contributed by atoms with van der Waals surface area (Å²) in [6.45, 7) is 4.18. The number of pyridine rings is 1. The molecule has 1 unspecified atom stereocenters. The molecule has 1 spiro atoms. The molecule has 1 atom stereocenters. The number of alkyl halides is 9. The summed E-state index contributed by atoms with van der Waals surface area (Å²) in [5, 5.41) is 25.5. The number of likely N-dealkylation sites (tertiary alicyclic amines) is 1. The number of hydrogen-bond donors (Lipinski definition) is 3. The van der Waals surface area contributed by atoms with Gasteiger partial charge in [-0.1, -0.05) is 6.07 Å². The molecule has 0 bridgehead atoms. The molecule has 1 amide bonds. The lowest BCUT2D eigenvalue weighted by atomic mass is 9.93.